The molecule has 1 aliphatic heterocycles. The quantitative estimate of drug-likeness (QED) is 0.300. The fourth-order valence-corrected chi connectivity index (χ4v) is 5.02. The van der Waals surface area contributed by atoms with Gasteiger partial charge in [-0.1, -0.05) is 98.1 Å². The molecule has 1 unspecified atom stereocenters. The number of Topliss-reactive ketones (excluding diaryl/α,β-unsaturated/α-hetero) is 1. The van der Waals surface area contributed by atoms with Crippen molar-refractivity contribution in [2.45, 2.75) is 19.8 Å². The number of ketones is 1. The number of allylic oxidation sites excluding steroid dienone is 5. The number of anilines is 1. The summed E-state index contributed by atoms with van der Waals surface area (Å²) in [6.07, 6.45) is 6.26. The molecule has 5 rings (SSSR count). The minimum absolute atomic E-state index is 0.0418. The Kier molecular flexibility index (Phi) is 5.30. The van der Waals surface area contributed by atoms with Crippen molar-refractivity contribution in [3.63, 3.8) is 0 Å². The summed E-state index contributed by atoms with van der Waals surface area (Å²) in [6.45, 7) is 16.8. The molecule has 1 aliphatic carbocycles. The molecule has 2 aliphatic rings. The number of carbonyl (C=O) groups is 1. The first-order chi connectivity index (χ1) is 16.4. The second-order valence-electron chi connectivity index (χ2n) is 8.94. The lowest BCUT2D eigenvalue weighted by atomic mass is 9.78. The van der Waals surface area contributed by atoms with Gasteiger partial charge in [-0.3, -0.25) is 4.79 Å². The lowest BCUT2D eigenvalue weighted by molar-refractivity contribution is 0.101. The summed E-state index contributed by atoms with van der Waals surface area (Å²) in [5.41, 5.74) is 10.8. The highest BCUT2D eigenvalue weighted by atomic mass is 16.1. The molecule has 0 amide bonds. The summed E-state index contributed by atoms with van der Waals surface area (Å²) in [6, 6.07) is 22.8. The van der Waals surface area contributed by atoms with Gasteiger partial charge in [0.2, 0.25) is 0 Å². The van der Waals surface area contributed by atoms with Crippen LogP contribution in [0.1, 0.15) is 46.8 Å². The van der Waals surface area contributed by atoms with Gasteiger partial charge in [0.05, 0.1) is 0 Å². The monoisotopic (exact) mass is 441 g/mol. The molecule has 0 saturated heterocycles. The molecule has 3 aromatic rings. The van der Waals surface area contributed by atoms with Gasteiger partial charge in [0.25, 0.3) is 0 Å². The second kappa shape index (κ2) is 8.31. The molecular weight excluding hydrogens is 414 g/mol. The second-order valence-corrected chi connectivity index (χ2v) is 8.94. The Morgan fingerprint density at radius 1 is 0.853 bits per heavy atom. The van der Waals surface area contributed by atoms with Crippen LogP contribution in [0.5, 0.6) is 0 Å². The van der Waals surface area contributed by atoms with Crippen LogP contribution in [0.3, 0.4) is 0 Å². The zero-order chi connectivity index (χ0) is 24.0. The maximum absolute atomic E-state index is 12.6. The van der Waals surface area contributed by atoms with Crippen molar-refractivity contribution in [1.82, 2.24) is 0 Å². The van der Waals surface area contributed by atoms with Gasteiger partial charge >= 0.3 is 0 Å². The van der Waals surface area contributed by atoms with Gasteiger partial charge in [-0.2, -0.15) is 0 Å². The van der Waals surface area contributed by atoms with E-state index >= 15 is 0 Å². The van der Waals surface area contributed by atoms with E-state index in [1.165, 1.54) is 5.56 Å². The highest BCUT2D eigenvalue weighted by molar-refractivity contribution is 6.06. The van der Waals surface area contributed by atoms with Crippen LogP contribution in [0.2, 0.25) is 0 Å². The van der Waals surface area contributed by atoms with E-state index in [9.17, 15) is 4.79 Å². The summed E-state index contributed by atoms with van der Waals surface area (Å²) >= 11 is 0. The standard InChI is InChI=1S/C32H27NO/c1-20(2)27-12-9-13-28-21(3)33(22(4)29-18-19-30(23(5)34)31(27)32(28)29)26-16-14-25(15-17-26)24-10-7-6-8-11-24/h6-19,27H,1,3-4H2,2,5H3. The van der Waals surface area contributed by atoms with E-state index in [1.54, 1.807) is 6.92 Å². The summed E-state index contributed by atoms with van der Waals surface area (Å²) < 4.78 is 0. The summed E-state index contributed by atoms with van der Waals surface area (Å²) in [5, 5.41) is 0. The molecule has 0 saturated carbocycles. The van der Waals surface area contributed by atoms with E-state index in [2.05, 4.69) is 79.3 Å². The van der Waals surface area contributed by atoms with Gasteiger partial charge in [0.1, 0.15) is 0 Å². The van der Waals surface area contributed by atoms with Gasteiger partial charge in [0, 0.05) is 39.7 Å². The lowest BCUT2D eigenvalue weighted by Crippen LogP contribution is -2.27. The third-order valence-electron chi connectivity index (χ3n) is 6.70. The fourth-order valence-electron chi connectivity index (χ4n) is 5.02. The molecule has 0 radical (unpaired) electrons. The summed E-state index contributed by atoms with van der Waals surface area (Å²) in [4.78, 5) is 14.7. The van der Waals surface area contributed by atoms with Crippen molar-refractivity contribution in [2.75, 3.05) is 4.90 Å². The lowest BCUT2D eigenvalue weighted by Gasteiger charge is -2.38. The zero-order valence-electron chi connectivity index (χ0n) is 19.6. The first kappa shape index (κ1) is 21.7. The highest BCUT2D eigenvalue weighted by Gasteiger charge is 2.34. The number of hydrogen-bond donors (Lipinski definition) is 0. The Balaban J connectivity index is 1.66. The molecular formula is C32H27NO. The smallest absolute Gasteiger partial charge is 0.160 e. The van der Waals surface area contributed by atoms with Crippen LogP contribution in [0.25, 0.3) is 22.4 Å². The molecule has 2 heteroatoms. The normalized spacial score (nSPS) is 16.6. The van der Waals surface area contributed by atoms with Crippen LogP contribution in [0.4, 0.5) is 5.69 Å². The predicted molar refractivity (Wildman–Crippen MR) is 144 cm³/mol. The number of hydrogen-bond acceptors (Lipinski definition) is 2. The van der Waals surface area contributed by atoms with Gasteiger partial charge in [-0.15, -0.1) is 0 Å². The van der Waals surface area contributed by atoms with Gasteiger partial charge in [-0.25, -0.2) is 0 Å². The number of benzene rings is 3. The molecule has 1 heterocycles. The van der Waals surface area contributed by atoms with Crippen molar-refractivity contribution in [2.24, 2.45) is 0 Å². The Morgan fingerprint density at radius 3 is 2.18 bits per heavy atom. The Morgan fingerprint density at radius 2 is 1.53 bits per heavy atom. The van der Waals surface area contributed by atoms with Gasteiger partial charge < -0.3 is 4.90 Å². The number of nitrogens with zero attached hydrogens (tertiary/aromatic N) is 1. The Labute approximate surface area is 201 Å². The van der Waals surface area contributed by atoms with Crippen molar-refractivity contribution in [3.8, 4) is 11.1 Å². The molecule has 2 nitrogen and oxygen atoms in total. The molecule has 0 N–H and O–H groups in total. The van der Waals surface area contributed by atoms with Crippen molar-refractivity contribution >= 4 is 22.7 Å². The van der Waals surface area contributed by atoms with E-state index in [0.717, 1.165) is 56.0 Å². The topological polar surface area (TPSA) is 20.3 Å². The van der Waals surface area contributed by atoms with E-state index in [1.807, 2.05) is 37.3 Å². The average Bonchev–Trinajstić information content (AvgIpc) is 3.04. The molecule has 0 spiro atoms. The first-order valence-electron chi connectivity index (χ1n) is 11.4. The van der Waals surface area contributed by atoms with Gasteiger partial charge in [0.15, 0.2) is 5.78 Å². The molecule has 0 fully saturated rings. The average molecular weight is 442 g/mol. The maximum Gasteiger partial charge on any atom is 0.160 e. The molecule has 0 bridgehead atoms. The SMILES string of the molecule is C=C(C)C1C=CC=C2C(=C)N(c3ccc(-c4ccccc4)cc3)C(=C)c3ccc(C(C)=O)c1c32. The van der Waals surface area contributed by atoms with Gasteiger partial charge in [-0.05, 0) is 48.2 Å². The fraction of sp³-hybridized carbons (Fsp3) is 0.0938. The van der Waals surface area contributed by atoms with E-state index in [-0.39, 0.29) is 11.7 Å². The summed E-state index contributed by atoms with van der Waals surface area (Å²) in [5.74, 6) is 0.00811. The van der Waals surface area contributed by atoms with Crippen molar-refractivity contribution in [3.05, 3.63) is 138 Å². The minimum atomic E-state index is -0.0418. The molecule has 1 atom stereocenters. The molecule has 0 aromatic heterocycles. The molecule has 3 aromatic carbocycles. The van der Waals surface area contributed by atoms with E-state index in [4.69, 9.17) is 0 Å². The molecule has 34 heavy (non-hydrogen) atoms. The Bertz CT molecular complexity index is 1420. The third-order valence-corrected chi connectivity index (χ3v) is 6.70. The predicted octanol–water partition coefficient (Wildman–Crippen LogP) is 8.17. The number of rotatable bonds is 4. The summed E-state index contributed by atoms with van der Waals surface area (Å²) in [7, 11) is 0. The van der Waals surface area contributed by atoms with Crippen LogP contribution in [-0.2, 0) is 0 Å². The maximum atomic E-state index is 12.6. The van der Waals surface area contributed by atoms with Crippen LogP contribution in [0.15, 0.2) is 116 Å². The van der Waals surface area contributed by atoms with Crippen LogP contribution in [0, 0.1) is 0 Å². The zero-order valence-corrected chi connectivity index (χ0v) is 19.6. The minimum Gasteiger partial charge on any atom is -0.310 e. The van der Waals surface area contributed by atoms with Crippen molar-refractivity contribution in [1.29, 1.82) is 0 Å². The largest absolute Gasteiger partial charge is 0.310 e. The van der Waals surface area contributed by atoms with Crippen LogP contribution < -0.4 is 4.90 Å². The Hall–Kier alpha value is -4.17. The molecule has 166 valence electrons. The third kappa shape index (κ3) is 3.39. The van der Waals surface area contributed by atoms with E-state index in [0.29, 0.717) is 0 Å². The van der Waals surface area contributed by atoms with E-state index < -0.39 is 0 Å². The first-order valence-corrected chi connectivity index (χ1v) is 11.4. The number of carbonyl (C=O) groups excluding carboxylic acids is 1. The highest BCUT2D eigenvalue weighted by Crippen LogP contribution is 2.48. The van der Waals surface area contributed by atoms with Crippen LogP contribution in [-0.4, -0.2) is 5.78 Å². The van der Waals surface area contributed by atoms with Crippen molar-refractivity contribution < 1.29 is 4.79 Å². The van der Waals surface area contributed by atoms with Crippen LogP contribution >= 0.6 is 0 Å².